The molecule has 0 radical (unpaired) electrons. The summed E-state index contributed by atoms with van der Waals surface area (Å²) in [6.45, 7) is 5.72. The Hall–Kier alpha value is -3.31. The molecule has 6 nitrogen and oxygen atoms in total. The highest BCUT2D eigenvalue weighted by Crippen LogP contribution is 2.43. The highest BCUT2D eigenvalue weighted by molar-refractivity contribution is 7.12. The van der Waals surface area contributed by atoms with E-state index in [1.165, 1.54) is 23.5 Å². The molecular weight excluding hydrogens is 407 g/mol. The smallest absolute Gasteiger partial charge is 0.338 e. The molecule has 2 heterocycles. The zero-order valence-electron chi connectivity index (χ0n) is 16.8. The summed E-state index contributed by atoms with van der Waals surface area (Å²) in [5, 5.41) is 9.67. The van der Waals surface area contributed by atoms with Crippen LogP contribution in [-0.2, 0) is 20.9 Å². The molecule has 0 fully saturated rings. The molecule has 0 saturated heterocycles. The SMILES string of the molecule is CCOC(=O)C1=C(C)OC(N)=C(C#N)[C@@H]1c1cc(COc2ccc(F)cc2)c(C)s1. The Morgan fingerprint density at radius 1 is 1.33 bits per heavy atom. The van der Waals surface area contributed by atoms with Gasteiger partial charge in [-0.25, -0.2) is 9.18 Å². The molecule has 1 atom stereocenters. The number of aryl methyl sites for hydroxylation is 1. The van der Waals surface area contributed by atoms with Gasteiger partial charge in [0.1, 0.15) is 35.6 Å². The van der Waals surface area contributed by atoms with E-state index in [2.05, 4.69) is 6.07 Å². The highest BCUT2D eigenvalue weighted by atomic mass is 32.1. The Balaban J connectivity index is 1.94. The van der Waals surface area contributed by atoms with E-state index in [0.29, 0.717) is 11.5 Å². The van der Waals surface area contributed by atoms with Crippen molar-refractivity contribution < 1.29 is 23.4 Å². The Morgan fingerprint density at radius 2 is 2.03 bits per heavy atom. The van der Waals surface area contributed by atoms with E-state index in [9.17, 15) is 14.4 Å². The number of hydrogen-bond acceptors (Lipinski definition) is 7. The maximum absolute atomic E-state index is 13.1. The van der Waals surface area contributed by atoms with Gasteiger partial charge in [-0.05, 0) is 51.1 Å². The minimum atomic E-state index is -0.675. The van der Waals surface area contributed by atoms with Crippen LogP contribution in [0.4, 0.5) is 4.39 Å². The molecule has 0 spiro atoms. The van der Waals surface area contributed by atoms with Crippen molar-refractivity contribution >= 4 is 17.3 Å². The molecule has 30 heavy (non-hydrogen) atoms. The zero-order valence-corrected chi connectivity index (χ0v) is 17.6. The number of halogens is 1. The number of esters is 1. The van der Waals surface area contributed by atoms with Gasteiger partial charge in [0.15, 0.2) is 0 Å². The van der Waals surface area contributed by atoms with Gasteiger partial charge >= 0.3 is 5.97 Å². The minimum Gasteiger partial charge on any atom is -0.489 e. The van der Waals surface area contributed by atoms with E-state index in [1.807, 2.05) is 13.0 Å². The van der Waals surface area contributed by atoms with E-state index in [0.717, 1.165) is 15.3 Å². The Bertz CT molecular complexity index is 1060. The number of thiophene rings is 1. The second-order valence-corrected chi connectivity index (χ2v) is 7.88. The van der Waals surface area contributed by atoms with Gasteiger partial charge in [0, 0.05) is 15.3 Å². The number of carbonyl (C=O) groups is 1. The van der Waals surface area contributed by atoms with Crippen molar-refractivity contribution in [2.45, 2.75) is 33.3 Å². The quantitative estimate of drug-likeness (QED) is 0.685. The standard InChI is InChI=1S/C22H21FN2O4S/c1-4-27-22(26)19-12(2)29-21(25)17(10-24)20(19)18-9-14(13(3)30-18)11-28-16-7-5-15(23)6-8-16/h5-9,20H,4,11,25H2,1-3H3/t20-/m1/s1. The summed E-state index contributed by atoms with van der Waals surface area (Å²) < 4.78 is 29.4. The lowest BCUT2D eigenvalue weighted by Gasteiger charge is -2.25. The van der Waals surface area contributed by atoms with E-state index in [1.54, 1.807) is 26.0 Å². The predicted molar refractivity (Wildman–Crippen MR) is 110 cm³/mol. The van der Waals surface area contributed by atoms with Crippen molar-refractivity contribution in [3.05, 3.63) is 74.3 Å². The van der Waals surface area contributed by atoms with Crippen molar-refractivity contribution in [3.8, 4) is 11.8 Å². The van der Waals surface area contributed by atoms with Gasteiger partial charge in [0.05, 0.1) is 18.1 Å². The van der Waals surface area contributed by atoms with Crippen molar-refractivity contribution in [1.29, 1.82) is 5.26 Å². The van der Waals surface area contributed by atoms with Gasteiger partial charge < -0.3 is 19.9 Å². The lowest BCUT2D eigenvalue weighted by atomic mass is 9.87. The van der Waals surface area contributed by atoms with Gasteiger partial charge in [-0.1, -0.05) is 0 Å². The largest absolute Gasteiger partial charge is 0.489 e. The van der Waals surface area contributed by atoms with Crippen molar-refractivity contribution in [3.63, 3.8) is 0 Å². The minimum absolute atomic E-state index is 0.0248. The number of carbonyl (C=O) groups excluding carboxylic acids is 1. The fourth-order valence-corrected chi connectivity index (χ4v) is 4.32. The third kappa shape index (κ3) is 4.31. The van der Waals surface area contributed by atoms with Gasteiger partial charge in [-0.3, -0.25) is 0 Å². The molecule has 0 saturated carbocycles. The van der Waals surface area contributed by atoms with Crippen LogP contribution < -0.4 is 10.5 Å². The number of rotatable bonds is 6. The van der Waals surface area contributed by atoms with Crippen LogP contribution in [0.2, 0.25) is 0 Å². The van der Waals surface area contributed by atoms with Gasteiger partial charge in [0.25, 0.3) is 0 Å². The number of nitrogens with zero attached hydrogens (tertiary/aromatic N) is 1. The molecule has 156 valence electrons. The maximum Gasteiger partial charge on any atom is 0.338 e. The molecule has 2 aromatic rings. The monoisotopic (exact) mass is 428 g/mol. The number of nitrogens with two attached hydrogens (primary N) is 1. The summed E-state index contributed by atoms with van der Waals surface area (Å²) in [5.41, 5.74) is 7.25. The lowest BCUT2D eigenvalue weighted by Crippen LogP contribution is -2.25. The summed E-state index contributed by atoms with van der Waals surface area (Å²) in [6.07, 6.45) is 0. The molecule has 2 N–H and O–H groups in total. The molecule has 0 unspecified atom stereocenters. The topological polar surface area (TPSA) is 94.6 Å². The van der Waals surface area contributed by atoms with E-state index >= 15 is 0 Å². The number of ether oxygens (including phenoxy) is 3. The first-order valence-electron chi connectivity index (χ1n) is 9.28. The molecule has 1 aromatic carbocycles. The Morgan fingerprint density at radius 3 is 2.67 bits per heavy atom. The van der Waals surface area contributed by atoms with Gasteiger partial charge in [-0.2, -0.15) is 5.26 Å². The predicted octanol–water partition coefficient (Wildman–Crippen LogP) is 4.42. The first-order valence-corrected chi connectivity index (χ1v) is 10.1. The van der Waals surface area contributed by atoms with Crippen LogP contribution >= 0.6 is 11.3 Å². The first-order chi connectivity index (χ1) is 14.3. The van der Waals surface area contributed by atoms with Crippen LogP contribution in [0, 0.1) is 24.1 Å². The lowest BCUT2D eigenvalue weighted by molar-refractivity contribution is -0.139. The van der Waals surface area contributed by atoms with Gasteiger partial charge in [0.2, 0.25) is 5.88 Å². The average Bonchev–Trinajstić information content (AvgIpc) is 3.07. The molecule has 3 rings (SSSR count). The molecule has 0 aliphatic carbocycles. The van der Waals surface area contributed by atoms with Crippen LogP contribution in [-0.4, -0.2) is 12.6 Å². The van der Waals surface area contributed by atoms with Crippen molar-refractivity contribution in [2.75, 3.05) is 6.61 Å². The van der Waals surface area contributed by atoms with Crippen LogP contribution in [0.25, 0.3) is 0 Å². The molecule has 1 aliphatic rings. The fraction of sp³-hybridized carbons (Fsp3) is 0.273. The number of nitriles is 1. The van der Waals surface area contributed by atoms with Crippen LogP contribution in [0.5, 0.6) is 5.75 Å². The van der Waals surface area contributed by atoms with E-state index in [4.69, 9.17) is 19.9 Å². The van der Waals surface area contributed by atoms with Crippen molar-refractivity contribution in [2.24, 2.45) is 5.73 Å². The van der Waals surface area contributed by atoms with Gasteiger partial charge in [-0.15, -0.1) is 11.3 Å². The number of allylic oxidation sites excluding steroid dienone is 2. The third-order valence-corrected chi connectivity index (χ3v) is 5.79. The summed E-state index contributed by atoms with van der Waals surface area (Å²) in [6, 6.07) is 9.72. The van der Waals surface area contributed by atoms with Crippen molar-refractivity contribution in [1.82, 2.24) is 0 Å². The van der Waals surface area contributed by atoms with E-state index < -0.39 is 11.9 Å². The molecule has 1 aliphatic heterocycles. The molecule has 0 amide bonds. The Kier molecular flexibility index (Phi) is 6.43. The van der Waals surface area contributed by atoms with E-state index in [-0.39, 0.29) is 36.1 Å². The summed E-state index contributed by atoms with van der Waals surface area (Å²) >= 11 is 1.44. The number of hydrogen-bond donors (Lipinski definition) is 1. The average molecular weight is 428 g/mol. The summed E-state index contributed by atoms with van der Waals surface area (Å²) in [5.74, 6) is -0.729. The molecule has 1 aromatic heterocycles. The van der Waals surface area contributed by atoms with Crippen LogP contribution in [0.1, 0.15) is 35.1 Å². The molecule has 8 heteroatoms. The maximum atomic E-state index is 13.1. The van der Waals surface area contributed by atoms with Crippen LogP contribution in [0.15, 0.2) is 53.1 Å². The first kappa shape index (κ1) is 21.4. The second-order valence-electron chi connectivity index (χ2n) is 6.59. The fourth-order valence-electron chi connectivity index (χ4n) is 3.16. The molecule has 0 bridgehead atoms. The number of benzene rings is 1. The third-order valence-electron chi connectivity index (χ3n) is 4.63. The zero-order chi connectivity index (χ0) is 21.8. The molecular formula is C22H21FN2O4S. The normalized spacial score (nSPS) is 16.2. The van der Waals surface area contributed by atoms with Crippen LogP contribution in [0.3, 0.4) is 0 Å². The summed E-state index contributed by atoms with van der Waals surface area (Å²) in [7, 11) is 0. The Labute approximate surface area is 178 Å². The second kappa shape index (κ2) is 9.01. The summed E-state index contributed by atoms with van der Waals surface area (Å²) in [4.78, 5) is 14.3. The highest BCUT2D eigenvalue weighted by Gasteiger charge is 2.37.